The van der Waals surface area contributed by atoms with Crippen molar-refractivity contribution in [1.82, 2.24) is 5.32 Å². The second kappa shape index (κ2) is 8.93. The Morgan fingerprint density at radius 1 is 1.29 bits per heavy atom. The van der Waals surface area contributed by atoms with Crippen LogP contribution in [0.1, 0.15) is 57.3 Å². The molecule has 0 aliphatic rings. The number of hydrogen-bond acceptors (Lipinski definition) is 2. The van der Waals surface area contributed by atoms with Crippen LogP contribution < -0.4 is 10.6 Å². The lowest BCUT2D eigenvalue weighted by molar-refractivity contribution is 0.0936. The largest absolute Gasteiger partial charge is 0.384 e. The molecule has 21 heavy (non-hydrogen) atoms. The Labute approximate surface area is 133 Å². The van der Waals surface area contributed by atoms with Gasteiger partial charge in [-0.25, -0.2) is 0 Å². The fourth-order valence-corrected chi connectivity index (χ4v) is 2.42. The Hall–Kier alpha value is -1.22. The van der Waals surface area contributed by atoms with Crippen molar-refractivity contribution in [3.63, 3.8) is 0 Å². The van der Waals surface area contributed by atoms with Crippen molar-refractivity contribution in [1.29, 1.82) is 0 Å². The monoisotopic (exact) mass is 310 g/mol. The molecule has 4 heteroatoms. The van der Waals surface area contributed by atoms with E-state index < -0.39 is 0 Å². The summed E-state index contributed by atoms with van der Waals surface area (Å²) in [5.74, 6) is 0.546. The molecule has 1 aromatic rings. The molecule has 0 fully saturated rings. The number of anilines is 1. The molecule has 0 saturated heterocycles. The molecular weight excluding hydrogens is 284 g/mol. The first-order valence-corrected chi connectivity index (χ1v) is 8.19. The van der Waals surface area contributed by atoms with Crippen molar-refractivity contribution in [3.8, 4) is 0 Å². The van der Waals surface area contributed by atoms with Crippen LogP contribution in [0.4, 0.5) is 5.69 Å². The normalized spacial score (nSPS) is 13.6. The smallest absolute Gasteiger partial charge is 0.253 e. The third-order valence-corrected chi connectivity index (χ3v) is 3.86. The van der Waals surface area contributed by atoms with E-state index in [0.717, 1.165) is 31.5 Å². The first-order valence-electron chi connectivity index (χ1n) is 7.82. The van der Waals surface area contributed by atoms with E-state index >= 15 is 0 Å². The van der Waals surface area contributed by atoms with E-state index in [0.29, 0.717) is 16.5 Å². The van der Waals surface area contributed by atoms with Gasteiger partial charge in [-0.1, -0.05) is 38.8 Å². The van der Waals surface area contributed by atoms with Crippen LogP contribution in [0, 0.1) is 5.92 Å². The van der Waals surface area contributed by atoms with Gasteiger partial charge in [-0.15, -0.1) is 0 Å². The summed E-state index contributed by atoms with van der Waals surface area (Å²) in [5.41, 5.74) is 1.46. The molecule has 0 saturated carbocycles. The lowest BCUT2D eigenvalue weighted by atomic mass is 10.00. The summed E-state index contributed by atoms with van der Waals surface area (Å²) in [6, 6.07) is 5.56. The molecule has 3 nitrogen and oxygen atoms in total. The lowest BCUT2D eigenvalue weighted by Gasteiger charge is -2.19. The van der Waals surface area contributed by atoms with Gasteiger partial charge in [-0.3, -0.25) is 4.79 Å². The quantitative estimate of drug-likeness (QED) is 0.729. The molecule has 118 valence electrons. The molecular formula is C17H27ClN2O. The highest BCUT2D eigenvalue weighted by atomic mass is 35.5. The molecule has 0 aromatic heterocycles. The number of rotatable bonds is 8. The molecule has 2 unspecified atom stereocenters. The van der Waals surface area contributed by atoms with Gasteiger partial charge in [0.25, 0.3) is 5.91 Å². The predicted octanol–water partition coefficient (Wildman–Crippen LogP) is 4.72. The van der Waals surface area contributed by atoms with Crippen molar-refractivity contribution < 1.29 is 4.79 Å². The van der Waals surface area contributed by atoms with Gasteiger partial charge < -0.3 is 10.6 Å². The fourth-order valence-electron chi connectivity index (χ4n) is 2.25. The Balaban J connectivity index is 2.78. The lowest BCUT2D eigenvalue weighted by Crippen LogP contribution is -2.34. The third-order valence-electron chi connectivity index (χ3n) is 3.62. The number of amides is 1. The number of benzene rings is 1. The van der Waals surface area contributed by atoms with Crippen molar-refractivity contribution in [2.24, 2.45) is 5.92 Å². The maximum absolute atomic E-state index is 12.5. The molecule has 0 heterocycles. The number of carbonyl (C=O) groups is 1. The van der Waals surface area contributed by atoms with Gasteiger partial charge in [0, 0.05) is 23.3 Å². The van der Waals surface area contributed by atoms with E-state index in [2.05, 4.69) is 31.4 Å². The average molecular weight is 311 g/mol. The van der Waals surface area contributed by atoms with Gasteiger partial charge in [0.2, 0.25) is 0 Å². The highest BCUT2D eigenvalue weighted by Gasteiger charge is 2.15. The Bertz CT molecular complexity index is 462. The van der Waals surface area contributed by atoms with Crippen molar-refractivity contribution >= 4 is 23.2 Å². The van der Waals surface area contributed by atoms with Gasteiger partial charge in [0.1, 0.15) is 0 Å². The SMILES string of the molecule is CCCNc1ccc(Cl)cc1C(=O)NC(C)CC(C)CC. The van der Waals surface area contributed by atoms with E-state index in [1.807, 2.05) is 13.0 Å². The summed E-state index contributed by atoms with van der Waals surface area (Å²) in [6.07, 6.45) is 3.12. The summed E-state index contributed by atoms with van der Waals surface area (Å²) >= 11 is 6.03. The van der Waals surface area contributed by atoms with Crippen molar-refractivity contribution in [3.05, 3.63) is 28.8 Å². The molecule has 2 N–H and O–H groups in total. The van der Waals surface area contributed by atoms with Crippen molar-refractivity contribution in [2.75, 3.05) is 11.9 Å². The number of carbonyl (C=O) groups excluding carboxylic acids is 1. The van der Waals surface area contributed by atoms with E-state index in [4.69, 9.17) is 11.6 Å². The molecule has 0 spiro atoms. The van der Waals surface area contributed by atoms with E-state index in [9.17, 15) is 4.79 Å². The summed E-state index contributed by atoms with van der Waals surface area (Å²) < 4.78 is 0. The number of nitrogens with one attached hydrogen (secondary N) is 2. The first kappa shape index (κ1) is 17.8. The second-order valence-electron chi connectivity index (χ2n) is 5.74. The van der Waals surface area contributed by atoms with Gasteiger partial charge in [-0.05, 0) is 43.9 Å². The standard InChI is InChI=1S/C17H27ClN2O/c1-5-9-19-16-8-7-14(18)11-15(16)17(21)20-13(4)10-12(3)6-2/h7-8,11-13,19H,5-6,9-10H2,1-4H3,(H,20,21). The molecule has 1 rings (SSSR count). The maximum Gasteiger partial charge on any atom is 0.253 e. The third kappa shape index (κ3) is 5.96. The van der Waals surface area contributed by atoms with Crippen molar-refractivity contribution in [2.45, 2.75) is 53.0 Å². The molecule has 1 aromatic carbocycles. The van der Waals surface area contributed by atoms with Crippen LogP contribution in [-0.4, -0.2) is 18.5 Å². The van der Waals surface area contributed by atoms with Crippen LogP contribution in [0.3, 0.4) is 0 Å². The Kier molecular flexibility index (Phi) is 7.58. The van der Waals surface area contributed by atoms with Gasteiger partial charge in [0.15, 0.2) is 0 Å². The molecule has 0 aliphatic heterocycles. The Morgan fingerprint density at radius 2 is 2.00 bits per heavy atom. The van der Waals surface area contributed by atoms with E-state index in [1.54, 1.807) is 12.1 Å². The number of halogens is 1. The van der Waals surface area contributed by atoms with E-state index in [1.165, 1.54) is 0 Å². The minimum absolute atomic E-state index is 0.0630. The van der Waals surface area contributed by atoms with Crippen LogP contribution in [0.25, 0.3) is 0 Å². The van der Waals surface area contributed by atoms with Crippen LogP contribution >= 0.6 is 11.6 Å². The maximum atomic E-state index is 12.5. The van der Waals surface area contributed by atoms with Gasteiger partial charge in [0.05, 0.1) is 5.56 Å². The highest BCUT2D eigenvalue weighted by molar-refractivity contribution is 6.31. The highest BCUT2D eigenvalue weighted by Crippen LogP contribution is 2.21. The Morgan fingerprint density at radius 3 is 2.62 bits per heavy atom. The average Bonchev–Trinajstić information content (AvgIpc) is 2.45. The van der Waals surface area contributed by atoms with Gasteiger partial charge in [-0.2, -0.15) is 0 Å². The van der Waals surface area contributed by atoms with Gasteiger partial charge >= 0.3 is 0 Å². The summed E-state index contributed by atoms with van der Waals surface area (Å²) in [6.45, 7) is 9.36. The molecule has 0 radical (unpaired) electrons. The van der Waals surface area contributed by atoms with Crippen LogP contribution in [0.2, 0.25) is 5.02 Å². The second-order valence-corrected chi connectivity index (χ2v) is 6.18. The fraction of sp³-hybridized carbons (Fsp3) is 0.588. The topological polar surface area (TPSA) is 41.1 Å². The zero-order chi connectivity index (χ0) is 15.8. The molecule has 1 amide bonds. The summed E-state index contributed by atoms with van der Waals surface area (Å²) in [7, 11) is 0. The minimum Gasteiger partial charge on any atom is -0.384 e. The molecule has 2 atom stereocenters. The molecule has 0 bridgehead atoms. The summed E-state index contributed by atoms with van der Waals surface area (Å²) in [4.78, 5) is 12.5. The van der Waals surface area contributed by atoms with E-state index in [-0.39, 0.29) is 11.9 Å². The van der Waals surface area contributed by atoms with Crippen LogP contribution in [0.15, 0.2) is 18.2 Å². The first-order chi connectivity index (χ1) is 9.97. The zero-order valence-corrected chi connectivity index (χ0v) is 14.3. The predicted molar refractivity (Wildman–Crippen MR) is 91.2 cm³/mol. The zero-order valence-electron chi connectivity index (χ0n) is 13.5. The summed E-state index contributed by atoms with van der Waals surface area (Å²) in [5, 5.41) is 6.92. The van der Waals surface area contributed by atoms with Crippen LogP contribution in [0.5, 0.6) is 0 Å². The number of hydrogen-bond donors (Lipinski definition) is 2. The molecule has 0 aliphatic carbocycles. The minimum atomic E-state index is -0.0630. The van der Waals surface area contributed by atoms with Crippen LogP contribution in [-0.2, 0) is 0 Å².